The van der Waals surface area contributed by atoms with Crippen molar-refractivity contribution in [1.29, 1.82) is 0 Å². The molecule has 0 spiro atoms. The average Bonchev–Trinajstić information content (AvgIpc) is 2.13. The molecule has 94 valence electrons. The molecule has 5 nitrogen and oxygen atoms in total. The maximum atomic E-state index is 11.0. The molecule has 0 aliphatic rings. The summed E-state index contributed by atoms with van der Waals surface area (Å²) in [4.78, 5) is 21.1. The molecule has 0 saturated heterocycles. The van der Waals surface area contributed by atoms with E-state index >= 15 is 0 Å². The minimum atomic E-state index is -0.391. The number of amides is 1. The summed E-state index contributed by atoms with van der Waals surface area (Å²) in [6.45, 7) is 6.70. The maximum Gasteiger partial charge on any atom is 0.236 e. The second kappa shape index (κ2) is 5.82. The monoisotopic (exact) mass is 256 g/mol. The Labute approximate surface area is 106 Å². The van der Waals surface area contributed by atoms with E-state index in [0.29, 0.717) is 29.3 Å². The first-order valence-electron chi connectivity index (χ1n) is 5.43. The molecule has 1 aromatic rings. The summed E-state index contributed by atoms with van der Waals surface area (Å²) in [5.74, 6) is 1.21. The minimum Gasteiger partial charge on any atom is -0.368 e. The molecular formula is C11H17ClN4O. The normalized spacial score (nSPS) is 10.6. The number of aryl methyl sites for hydroxylation is 1. The molecule has 0 saturated carbocycles. The van der Waals surface area contributed by atoms with Crippen LogP contribution in [-0.4, -0.2) is 29.0 Å². The first-order chi connectivity index (χ1) is 7.88. The van der Waals surface area contributed by atoms with Crippen LogP contribution in [-0.2, 0) is 4.79 Å². The highest BCUT2D eigenvalue weighted by molar-refractivity contribution is 6.29. The van der Waals surface area contributed by atoms with Crippen molar-refractivity contribution in [3.63, 3.8) is 0 Å². The van der Waals surface area contributed by atoms with Crippen LogP contribution < -0.4 is 10.6 Å². The Bertz CT molecular complexity index is 388. The zero-order chi connectivity index (χ0) is 13.0. The highest BCUT2D eigenvalue weighted by Crippen LogP contribution is 2.16. The van der Waals surface area contributed by atoms with Crippen molar-refractivity contribution in [2.24, 2.45) is 11.7 Å². The van der Waals surface area contributed by atoms with Gasteiger partial charge in [0.25, 0.3) is 0 Å². The lowest BCUT2D eigenvalue weighted by Crippen LogP contribution is -2.37. The van der Waals surface area contributed by atoms with Crippen LogP contribution >= 0.6 is 11.6 Å². The van der Waals surface area contributed by atoms with Gasteiger partial charge in [-0.25, -0.2) is 9.97 Å². The summed E-state index contributed by atoms with van der Waals surface area (Å²) in [5, 5.41) is 0.366. The number of rotatable bonds is 5. The molecule has 2 N–H and O–H groups in total. The lowest BCUT2D eigenvalue weighted by Gasteiger charge is -2.24. The van der Waals surface area contributed by atoms with Crippen molar-refractivity contribution in [2.45, 2.75) is 20.8 Å². The molecular weight excluding hydrogens is 240 g/mol. The van der Waals surface area contributed by atoms with Gasteiger partial charge in [0.2, 0.25) is 5.91 Å². The van der Waals surface area contributed by atoms with Crippen LogP contribution in [0.4, 0.5) is 5.82 Å². The highest BCUT2D eigenvalue weighted by Gasteiger charge is 2.13. The highest BCUT2D eigenvalue weighted by atomic mass is 35.5. The van der Waals surface area contributed by atoms with Gasteiger partial charge in [-0.05, 0) is 12.8 Å². The predicted octanol–water partition coefficient (Wildman–Crippen LogP) is 1.39. The predicted molar refractivity (Wildman–Crippen MR) is 68.0 cm³/mol. The molecule has 0 aromatic carbocycles. The van der Waals surface area contributed by atoms with E-state index in [2.05, 4.69) is 23.8 Å². The lowest BCUT2D eigenvalue weighted by molar-refractivity contribution is -0.116. The van der Waals surface area contributed by atoms with Crippen LogP contribution in [0.25, 0.3) is 0 Å². The topological polar surface area (TPSA) is 72.1 Å². The SMILES string of the molecule is Cc1nc(Cl)cc(N(CC(N)=O)CC(C)C)n1. The van der Waals surface area contributed by atoms with E-state index < -0.39 is 5.91 Å². The van der Waals surface area contributed by atoms with Crippen LogP contribution in [0.15, 0.2) is 6.07 Å². The van der Waals surface area contributed by atoms with Gasteiger partial charge >= 0.3 is 0 Å². The Hall–Kier alpha value is -1.36. The zero-order valence-corrected chi connectivity index (χ0v) is 11.0. The number of nitrogens with two attached hydrogens (primary N) is 1. The fourth-order valence-electron chi connectivity index (χ4n) is 1.55. The first kappa shape index (κ1) is 13.7. The van der Waals surface area contributed by atoms with E-state index in [1.807, 2.05) is 4.90 Å². The van der Waals surface area contributed by atoms with Gasteiger partial charge in [-0.3, -0.25) is 4.79 Å². The van der Waals surface area contributed by atoms with Crippen molar-refractivity contribution in [3.8, 4) is 0 Å². The molecule has 1 amide bonds. The fourth-order valence-corrected chi connectivity index (χ4v) is 1.77. The number of hydrogen-bond acceptors (Lipinski definition) is 4. The van der Waals surface area contributed by atoms with Gasteiger partial charge in [0.05, 0.1) is 6.54 Å². The van der Waals surface area contributed by atoms with Crippen molar-refractivity contribution in [1.82, 2.24) is 9.97 Å². The summed E-state index contributed by atoms with van der Waals surface area (Å²) >= 11 is 5.87. The minimum absolute atomic E-state index is 0.130. The van der Waals surface area contributed by atoms with E-state index in [1.54, 1.807) is 13.0 Å². The van der Waals surface area contributed by atoms with Crippen LogP contribution in [0, 0.1) is 12.8 Å². The van der Waals surface area contributed by atoms with Gasteiger partial charge in [-0.1, -0.05) is 25.4 Å². The van der Waals surface area contributed by atoms with Crippen LogP contribution in [0.5, 0.6) is 0 Å². The van der Waals surface area contributed by atoms with E-state index in [1.165, 1.54) is 0 Å². The third-order valence-corrected chi connectivity index (χ3v) is 2.24. The van der Waals surface area contributed by atoms with Crippen molar-refractivity contribution < 1.29 is 4.79 Å². The third kappa shape index (κ3) is 4.56. The van der Waals surface area contributed by atoms with E-state index in [9.17, 15) is 4.79 Å². The zero-order valence-electron chi connectivity index (χ0n) is 10.3. The Morgan fingerprint density at radius 1 is 1.53 bits per heavy atom. The molecule has 0 unspecified atom stereocenters. The standard InChI is InChI=1S/C11H17ClN4O/c1-7(2)5-16(6-10(13)17)11-4-9(12)14-8(3)15-11/h4,7H,5-6H2,1-3H3,(H2,13,17). The average molecular weight is 257 g/mol. The van der Waals surface area contributed by atoms with Crippen molar-refractivity contribution in [2.75, 3.05) is 18.0 Å². The van der Waals surface area contributed by atoms with Crippen molar-refractivity contribution >= 4 is 23.3 Å². The van der Waals surface area contributed by atoms with Crippen molar-refractivity contribution in [3.05, 3.63) is 17.0 Å². The van der Waals surface area contributed by atoms with Gasteiger partial charge in [0, 0.05) is 12.6 Å². The van der Waals surface area contributed by atoms with Gasteiger partial charge < -0.3 is 10.6 Å². The van der Waals surface area contributed by atoms with Gasteiger partial charge in [-0.15, -0.1) is 0 Å². The third-order valence-electron chi connectivity index (χ3n) is 2.05. The second-order valence-corrected chi connectivity index (χ2v) is 4.72. The Kier molecular flexibility index (Phi) is 4.69. The van der Waals surface area contributed by atoms with Crippen LogP contribution in [0.1, 0.15) is 19.7 Å². The Morgan fingerprint density at radius 2 is 2.18 bits per heavy atom. The van der Waals surface area contributed by atoms with Gasteiger partial charge in [0.15, 0.2) is 0 Å². The van der Waals surface area contributed by atoms with Crippen LogP contribution in [0.3, 0.4) is 0 Å². The molecule has 6 heteroatoms. The number of primary amides is 1. The summed E-state index contributed by atoms with van der Waals surface area (Å²) in [7, 11) is 0. The summed E-state index contributed by atoms with van der Waals surface area (Å²) < 4.78 is 0. The molecule has 17 heavy (non-hydrogen) atoms. The Balaban J connectivity index is 2.98. The van der Waals surface area contributed by atoms with E-state index in [4.69, 9.17) is 17.3 Å². The molecule has 1 heterocycles. The Morgan fingerprint density at radius 3 is 2.65 bits per heavy atom. The first-order valence-corrected chi connectivity index (χ1v) is 5.80. The smallest absolute Gasteiger partial charge is 0.236 e. The number of aromatic nitrogens is 2. The summed E-state index contributed by atoms with van der Waals surface area (Å²) in [6.07, 6.45) is 0. The molecule has 0 radical (unpaired) electrons. The fraction of sp³-hybridized carbons (Fsp3) is 0.545. The van der Waals surface area contributed by atoms with E-state index in [0.717, 1.165) is 0 Å². The second-order valence-electron chi connectivity index (χ2n) is 4.34. The number of nitrogens with zero attached hydrogens (tertiary/aromatic N) is 3. The molecule has 0 bridgehead atoms. The number of anilines is 1. The molecule has 1 rings (SSSR count). The van der Waals surface area contributed by atoms with Gasteiger partial charge in [-0.2, -0.15) is 0 Å². The molecule has 1 aromatic heterocycles. The number of hydrogen-bond donors (Lipinski definition) is 1. The quantitative estimate of drug-likeness (QED) is 0.808. The molecule has 0 fully saturated rings. The molecule has 0 aliphatic carbocycles. The summed E-state index contributed by atoms with van der Waals surface area (Å²) in [5.41, 5.74) is 5.23. The number of halogens is 1. The molecule has 0 atom stereocenters. The van der Waals surface area contributed by atoms with Gasteiger partial charge in [0.1, 0.15) is 16.8 Å². The lowest BCUT2D eigenvalue weighted by atomic mass is 10.2. The van der Waals surface area contributed by atoms with E-state index in [-0.39, 0.29) is 6.54 Å². The maximum absolute atomic E-state index is 11.0. The summed E-state index contributed by atoms with van der Waals surface area (Å²) in [6, 6.07) is 1.64. The number of carbonyl (C=O) groups is 1. The number of carbonyl (C=O) groups excluding carboxylic acids is 1. The largest absolute Gasteiger partial charge is 0.368 e. The molecule has 0 aliphatic heterocycles. The van der Waals surface area contributed by atoms with Crippen LogP contribution in [0.2, 0.25) is 5.15 Å².